The highest BCUT2D eigenvalue weighted by Gasteiger charge is 2.13. The lowest BCUT2D eigenvalue weighted by Gasteiger charge is -2.05. The maximum atomic E-state index is 12.1. The smallest absolute Gasteiger partial charge is 0.295 e. The normalized spacial score (nSPS) is 10.6. The van der Waals surface area contributed by atoms with Crippen LogP contribution in [0.2, 0.25) is 0 Å². The number of aryl methyl sites for hydroxylation is 1. The number of carbonyl (C=O) groups is 1. The zero-order valence-corrected chi connectivity index (χ0v) is 10.2. The molecule has 3 rings (SSSR count). The third kappa shape index (κ3) is 2.15. The standard InChI is InChI=1S/C13H11N5O/c1-9-5-2-3-6-10(9)15-12(19)11-16-13-14-7-4-8-18(13)17-11/h2-8H,1H3,(H,15,19). The van der Waals surface area contributed by atoms with Crippen LogP contribution in [0.5, 0.6) is 0 Å². The van der Waals surface area contributed by atoms with E-state index in [9.17, 15) is 4.79 Å². The van der Waals surface area contributed by atoms with E-state index >= 15 is 0 Å². The van der Waals surface area contributed by atoms with Gasteiger partial charge >= 0.3 is 0 Å². The summed E-state index contributed by atoms with van der Waals surface area (Å²) in [5, 5.41) is 6.85. The van der Waals surface area contributed by atoms with Crippen LogP contribution in [0, 0.1) is 6.92 Å². The third-order valence-electron chi connectivity index (χ3n) is 2.71. The van der Waals surface area contributed by atoms with Gasteiger partial charge in [-0.25, -0.2) is 9.50 Å². The minimum Gasteiger partial charge on any atom is -0.319 e. The molecule has 94 valence electrons. The average molecular weight is 253 g/mol. The molecule has 2 aromatic heterocycles. The van der Waals surface area contributed by atoms with Gasteiger partial charge in [-0.3, -0.25) is 4.79 Å². The second kappa shape index (κ2) is 4.49. The lowest BCUT2D eigenvalue weighted by molar-refractivity contribution is 0.101. The van der Waals surface area contributed by atoms with E-state index in [-0.39, 0.29) is 11.7 Å². The summed E-state index contributed by atoms with van der Waals surface area (Å²) >= 11 is 0. The Morgan fingerprint density at radius 3 is 2.89 bits per heavy atom. The van der Waals surface area contributed by atoms with Gasteiger partial charge in [0.15, 0.2) is 0 Å². The second-order valence-electron chi connectivity index (χ2n) is 4.07. The van der Waals surface area contributed by atoms with Crippen molar-refractivity contribution in [2.24, 2.45) is 0 Å². The van der Waals surface area contributed by atoms with Crippen molar-refractivity contribution >= 4 is 17.4 Å². The van der Waals surface area contributed by atoms with Gasteiger partial charge in [0.05, 0.1) is 0 Å². The van der Waals surface area contributed by atoms with Crippen molar-refractivity contribution in [2.45, 2.75) is 6.92 Å². The highest BCUT2D eigenvalue weighted by atomic mass is 16.2. The van der Waals surface area contributed by atoms with Crippen molar-refractivity contribution in [1.29, 1.82) is 0 Å². The zero-order chi connectivity index (χ0) is 13.2. The van der Waals surface area contributed by atoms with Crippen LogP contribution in [0.25, 0.3) is 5.78 Å². The van der Waals surface area contributed by atoms with E-state index in [1.54, 1.807) is 18.5 Å². The summed E-state index contributed by atoms with van der Waals surface area (Å²) in [5.41, 5.74) is 1.73. The third-order valence-corrected chi connectivity index (χ3v) is 2.71. The van der Waals surface area contributed by atoms with Gasteiger partial charge < -0.3 is 5.32 Å². The van der Waals surface area contributed by atoms with Crippen molar-refractivity contribution in [2.75, 3.05) is 5.32 Å². The van der Waals surface area contributed by atoms with E-state index in [0.717, 1.165) is 11.3 Å². The number of nitrogens with zero attached hydrogens (tertiary/aromatic N) is 4. The fourth-order valence-electron chi connectivity index (χ4n) is 1.72. The Morgan fingerprint density at radius 1 is 1.26 bits per heavy atom. The number of amides is 1. The Labute approximate surface area is 109 Å². The largest absolute Gasteiger partial charge is 0.319 e. The Morgan fingerprint density at radius 2 is 2.11 bits per heavy atom. The first-order chi connectivity index (χ1) is 9.24. The Hall–Kier alpha value is -2.76. The molecule has 3 aromatic rings. The number of rotatable bonds is 2. The molecule has 0 saturated carbocycles. The number of hydrogen-bond donors (Lipinski definition) is 1. The molecule has 0 radical (unpaired) electrons. The molecule has 0 spiro atoms. The highest BCUT2D eigenvalue weighted by Crippen LogP contribution is 2.13. The Balaban J connectivity index is 1.90. The molecule has 2 heterocycles. The number of aromatic nitrogens is 4. The van der Waals surface area contributed by atoms with Crippen molar-refractivity contribution in [3.63, 3.8) is 0 Å². The fourth-order valence-corrected chi connectivity index (χ4v) is 1.72. The Kier molecular flexibility index (Phi) is 2.68. The molecule has 6 heteroatoms. The zero-order valence-electron chi connectivity index (χ0n) is 10.2. The van der Waals surface area contributed by atoms with Crippen LogP contribution < -0.4 is 5.32 Å². The average Bonchev–Trinajstić information content (AvgIpc) is 2.85. The summed E-state index contributed by atoms with van der Waals surface area (Å²) in [6.45, 7) is 1.92. The molecule has 0 aliphatic carbocycles. The summed E-state index contributed by atoms with van der Waals surface area (Å²) in [6.07, 6.45) is 3.30. The van der Waals surface area contributed by atoms with Crippen LogP contribution in [-0.4, -0.2) is 25.5 Å². The van der Waals surface area contributed by atoms with Crippen molar-refractivity contribution < 1.29 is 4.79 Å². The number of carbonyl (C=O) groups excluding carboxylic acids is 1. The van der Waals surface area contributed by atoms with Gasteiger partial charge in [-0.2, -0.15) is 4.98 Å². The molecular formula is C13H11N5O. The van der Waals surface area contributed by atoms with E-state index in [4.69, 9.17) is 0 Å². The van der Waals surface area contributed by atoms with Gasteiger partial charge in [-0.1, -0.05) is 18.2 Å². The van der Waals surface area contributed by atoms with E-state index in [1.165, 1.54) is 4.52 Å². The number of anilines is 1. The highest BCUT2D eigenvalue weighted by molar-refractivity contribution is 6.02. The van der Waals surface area contributed by atoms with Crippen LogP contribution in [0.15, 0.2) is 42.7 Å². The number of benzene rings is 1. The summed E-state index contributed by atoms with van der Waals surface area (Å²) in [7, 11) is 0. The van der Waals surface area contributed by atoms with E-state index in [2.05, 4.69) is 20.4 Å². The molecule has 0 aliphatic heterocycles. The van der Waals surface area contributed by atoms with Crippen LogP contribution in [0.1, 0.15) is 16.2 Å². The number of para-hydroxylation sites is 1. The van der Waals surface area contributed by atoms with E-state index in [0.29, 0.717) is 5.78 Å². The first-order valence-electron chi connectivity index (χ1n) is 5.78. The molecule has 1 N–H and O–H groups in total. The molecule has 0 fully saturated rings. The van der Waals surface area contributed by atoms with Gasteiger partial charge in [0.25, 0.3) is 11.7 Å². The number of fused-ring (bicyclic) bond motifs is 1. The first kappa shape index (κ1) is 11.3. The lowest BCUT2D eigenvalue weighted by atomic mass is 10.2. The van der Waals surface area contributed by atoms with Gasteiger partial charge in [-0.05, 0) is 24.6 Å². The molecule has 0 unspecified atom stereocenters. The van der Waals surface area contributed by atoms with Crippen LogP contribution in [-0.2, 0) is 0 Å². The molecule has 1 aromatic carbocycles. The van der Waals surface area contributed by atoms with Gasteiger partial charge in [0.1, 0.15) is 0 Å². The first-order valence-corrected chi connectivity index (χ1v) is 5.78. The van der Waals surface area contributed by atoms with Crippen LogP contribution in [0.3, 0.4) is 0 Å². The van der Waals surface area contributed by atoms with Crippen molar-refractivity contribution in [3.8, 4) is 0 Å². The predicted octanol–water partition coefficient (Wildman–Crippen LogP) is 1.69. The summed E-state index contributed by atoms with van der Waals surface area (Å²) in [4.78, 5) is 20.1. The van der Waals surface area contributed by atoms with Crippen LogP contribution in [0.4, 0.5) is 5.69 Å². The van der Waals surface area contributed by atoms with Crippen molar-refractivity contribution in [1.82, 2.24) is 19.6 Å². The van der Waals surface area contributed by atoms with Gasteiger partial charge in [-0.15, -0.1) is 5.10 Å². The maximum Gasteiger partial charge on any atom is 0.295 e. The van der Waals surface area contributed by atoms with Gasteiger partial charge in [0.2, 0.25) is 5.82 Å². The summed E-state index contributed by atoms with van der Waals surface area (Å²) < 4.78 is 1.47. The minimum absolute atomic E-state index is 0.0990. The summed E-state index contributed by atoms with van der Waals surface area (Å²) in [6, 6.07) is 9.26. The minimum atomic E-state index is -0.347. The van der Waals surface area contributed by atoms with E-state index < -0.39 is 0 Å². The Bertz CT molecular complexity index is 716. The SMILES string of the molecule is Cc1ccccc1NC(=O)c1nc2ncccn2n1. The molecule has 0 saturated heterocycles. The predicted molar refractivity (Wildman–Crippen MR) is 69.9 cm³/mol. The molecule has 0 aliphatic rings. The second-order valence-corrected chi connectivity index (χ2v) is 4.07. The van der Waals surface area contributed by atoms with Gasteiger partial charge in [0, 0.05) is 18.1 Å². The quantitative estimate of drug-likeness (QED) is 0.754. The monoisotopic (exact) mass is 253 g/mol. The molecule has 0 bridgehead atoms. The lowest BCUT2D eigenvalue weighted by Crippen LogP contribution is -2.14. The fraction of sp³-hybridized carbons (Fsp3) is 0.0769. The van der Waals surface area contributed by atoms with Crippen LogP contribution >= 0.6 is 0 Å². The molecule has 0 atom stereocenters. The van der Waals surface area contributed by atoms with E-state index in [1.807, 2.05) is 31.2 Å². The summed E-state index contributed by atoms with van der Waals surface area (Å²) in [5.74, 6) is 0.152. The number of nitrogens with one attached hydrogen (secondary N) is 1. The molecule has 6 nitrogen and oxygen atoms in total. The topological polar surface area (TPSA) is 72.2 Å². The number of hydrogen-bond acceptors (Lipinski definition) is 4. The molecule has 1 amide bonds. The van der Waals surface area contributed by atoms with Crippen molar-refractivity contribution in [3.05, 3.63) is 54.1 Å². The maximum absolute atomic E-state index is 12.1. The molecule has 19 heavy (non-hydrogen) atoms. The molecular weight excluding hydrogens is 242 g/mol.